The van der Waals surface area contributed by atoms with Crippen molar-refractivity contribution >= 4 is 11.6 Å². The molecule has 0 aliphatic carbocycles. The van der Waals surface area contributed by atoms with Gasteiger partial charge < -0.3 is 18.7 Å². The average molecular weight is 402 g/mol. The SMILES string of the molecule is COc1cc2c(cc1OC)Oc1cccc(Cl)c1CN(Cc1noc(C)n1)C2. The van der Waals surface area contributed by atoms with E-state index in [1.54, 1.807) is 21.1 Å². The molecule has 0 spiro atoms. The highest BCUT2D eigenvalue weighted by Crippen LogP contribution is 2.41. The van der Waals surface area contributed by atoms with E-state index in [-0.39, 0.29) is 0 Å². The minimum absolute atomic E-state index is 0.510. The molecule has 2 aromatic carbocycles. The van der Waals surface area contributed by atoms with Gasteiger partial charge in [-0.05, 0) is 18.2 Å². The lowest BCUT2D eigenvalue weighted by atomic mass is 10.1. The molecule has 0 saturated carbocycles. The number of hydrogen-bond acceptors (Lipinski definition) is 7. The fourth-order valence-corrected chi connectivity index (χ4v) is 3.49. The smallest absolute Gasteiger partial charge is 0.223 e. The van der Waals surface area contributed by atoms with Crippen LogP contribution in [0.5, 0.6) is 23.0 Å². The minimum atomic E-state index is 0.510. The molecule has 0 radical (unpaired) electrons. The van der Waals surface area contributed by atoms with Crippen LogP contribution in [0.25, 0.3) is 0 Å². The molecule has 0 atom stereocenters. The summed E-state index contributed by atoms with van der Waals surface area (Å²) in [7, 11) is 3.21. The van der Waals surface area contributed by atoms with Gasteiger partial charge in [0.15, 0.2) is 17.3 Å². The number of ether oxygens (including phenoxy) is 3. The average Bonchev–Trinajstić information content (AvgIpc) is 3.08. The quantitative estimate of drug-likeness (QED) is 0.643. The number of halogens is 1. The molecule has 4 rings (SSSR count). The number of fused-ring (bicyclic) bond motifs is 2. The summed E-state index contributed by atoms with van der Waals surface area (Å²) >= 11 is 6.47. The van der Waals surface area contributed by atoms with E-state index in [4.69, 9.17) is 30.3 Å². The van der Waals surface area contributed by atoms with E-state index in [9.17, 15) is 0 Å². The second kappa shape index (κ2) is 7.69. The monoisotopic (exact) mass is 401 g/mol. The summed E-state index contributed by atoms with van der Waals surface area (Å²) in [5.41, 5.74) is 1.87. The van der Waals surface area contributed by atoms with Crippen LogP contribution in [-0.4, -0.2) is 29.3 Å². The van der Waals surface area contributed by atoms with Crippen LogP contribution in [0, 0.1) is 6.92 Å². The molecule has 0 fully saturated rings. The summed E-state index contributed by atoms with van der Waals surface area (Å²) in [6.45, 7) is 3.45. The Kier molecular flexibility index (Phi) is 5.11. The van der Waals surface area contributed by atoms with Crippen molar-refractivity contribution in [2.75, 3.05) is 14.2 Å². The highest BCUT2D eigenvalue weighted by Gasteiger charge is 2.23. The zero-order valence-electron chi connectivity index (χ0n) is 15.9. The minimum Gasteiger partial charge on any atom is -0.493 e. The normalized spacial score (nSPS) is 13.7. The molecule has 0 bridgehead atoms. The first-order valence-electron chi connectivity index (χ1n) is 8.79. The summed E-state index contributed by atoms with van der Waals surface area (Å²) in [6, 6.07) is 9.40. The Hall–Kier alpha value is -2.77. The third-order valence-electron chi connectivity index (χ3n) is 4.57. The van der Waals surface area contributed by atoms with E-state index in [0.717, 1.165) is 11.1 Å². The van der Waals surface area contributed by atoms with Gasteiger partial charge in [-0.15, -0.1) is 0 Å². The van der Waals surface area contributed by atoms with Crippen LogP contribution in [0.1, 0.15) is 22.8 Å². The maximum atomic E-state index is 6.47. The Balaban J connectivity index is 1.79. The van der Waals surface area contributed by atoms with E-state index >= 15 is 0 Å². The van der Waals surface area contributed by atoms with Crippen molar-refractivity contribution in [1.82, 2.24) is 15.0 Å². The van der Waals surface area contributed by atoms with Gasteiger partial charge in [-0.2, -0.15) is 4.98 Å². The van der Waals surface area contributed by atoms with E-state index in [1.807, 2.05) is 30.3 Å². The van der Waals surface area contributed by atoms with Crippen LogP contribution in [0.3, 0.4) is 0 Å². The fourth-order valence-electron chi connectivity index (χ4n) is 3.27. The Morgan fingerprint density at radius 2 is 1.89 bits per heavy atom. The highest BCUT2D eigenvalue weighted by molar-refractivity contribution is 6.31. The van der Waals surface area contributed by atoms with Gasteiger partial charge in [0.05, 0.1) is 20.8 Å². The summed E-state index contributed by atoms with van der Waals surface area (Å²) in [5, 5.41) is 4.67. The third kappa shape index (κ3) is 3.63. The zero-order valence-corrected chi connectivity index (χ0v) is 16.6. The molecule has 1 aromatic heterocycles. The molecule has 0 N–H and O–H groups in total. The van der Waals surface area contributed by atoms with Gasteiger partial charge in [0.25, 0.3) is 0 Å². The molecule has 146 valence electrons. The first kappa shape index (κ1) is 18.6. The van der Waals surface area contributed by atoms with Gasteiger partial charge >= 0.3 is 0 Å². The van der Waals surface area contributed by atoms with Crippen molar-refractivity contribution in [2.45, 2.75) is 26.6 Å². The Labute approximate surface area is 167 Å². The van der Waals surface area contributed by atoms with Gasteiger partial charge in [0.2, 0.25) is 5.89 Å². The molecule has 7 nitrogen and oxygen atoms in total. The van der Waals surface area contributed by atoms with E-state index in [1.165, 1.54) is 0 Å². The number of aryl methyl sites for hydroxylation is 1. The molecule has 1 aliphatic rings. The Morgan fingerprint density at radius 1 is 1.11 bits per heavy atom. The summed E-state index contributed by atoms with van der Waals surface area (Å²) in [4.78, 5) is 6.51. The maximum Gasteiger partial charge on any atom is 0.223 e. The molecule has 1 aliphatic heterocycles. The molecule has 8 heteroatoms. The van der Waals surface area contributed by atoms with Gasteiger partial charge in [-0.1, -0.05) is 22.8 Å². The number of hydrogen-bond donors (Lipinski definition) is 0. The maximum absolute atomic E-state index is 6.47. The number of benzene rings is 2. The lowest BCUT2D eigenvalue weighted by molar-refractivity contribution is 0.225. The molecule has 28 heavy (non-hydrogen) atoms. The van der Waals surface area contributed by atoms with Gasteiger partial charge in [-0.3, -0.25) is 4.90 Å². The van der Waals surface area contributed by atoms with Crippen LogP contribution in [-0.2, 0) is 19.6 Å². The number of methoxy groups -OCH3 is 2. The van der Waals surface area contributed by atoms with Crippen molar-refractivity contribution in [1.29, 1.82) is 0 Å². The van der Waals surface area contributed by atoms with Gasteiger partial charge in [0, 0.05) is 42.2 Å². The molecule has 0 unspecified atom stereocenters. The van der Waals surface area contributed by atoms with Crippen LogP contribution < -0.4 is 14.2 Å². The van der Waals surface area contributed by atoms with Crippen molar-refractivity contribution in [3.8, 4) is 23.0 Å². The predicted molar refractivity (Wildman–Crippen MR) is 103 cm³/mol. The fraction of sp³-hybridized carbons (Fsp3) is 0.300. The zero-order chi connectivity index (χ0) is 19.7. The number of rotatable bonds is 4. The lowest BCUT2D eigenvalue weighted by Gasteiger charge is -2.28. The lowest BCUT2D eigenvalue weighted by Crippen LogP contribution is -2.25. The number of nitrogens with zero attached hydrogens (tertiary/aromatic N) is 3. The second-order valence-electron chi connectivity index (χ2n) is 6.51. The van der Waals surface area contributed by atoms with Crippen molar-refractivity contribution in [3.05, 3.63) is 58.2 Å². The van der Waals surface area contributed by atoms with Crippen molar-refractivity contribution in [3.63, 3.8) is 0 Å². The largest absolute Gasteiger partial charge is 0.493 e. The first-order chi connectivity index (χ1) is 13.6. The molecule has 0 saturated heterocycles. The summed E-state index contributed by atoms with van der Waals surface area (Å²) < 4.78 is 22.2. The van der Waals surface area contributed by atoms with Crippen LogP contribution >= 0.6 is 11.6 Å². The van der Waals surface area contributed by atoms with E-state index in [0.29, 0.717) is 59.4 Å². The highest BCUT2D eigenvalue weighted by atomic mass is 35.5. The summed E-state index contributed by atoms with van der Waals surface area (Å²) in [6.07, 6.45) is 0. The van der Waals surface area contributed by atoms with Crippen molar-refractivity contribution < 1.29 is 18.7 Å². The predicted octanol–water partition coefficient (Wildman–Crippen LogP) is 4.36. The van der Waals surface area contributed by atoms with Gasteiger partial charge in [-0.25, -0.2) is 0 Å². The van der Waals surface area contributed by atoms with Crippen molar-refractivity contribution in [2.24, 2.45) is 0 Å². The van der Waals surface area contributed by atoms with E-state index < -0.39 is 0 Å². The third-order valence-corrected chi connectivity index (χ3v) is 4.93. The van der Waals surface area contributed by atoms with Crippen LogP contribution in [0.15, 0.2) is 34.9 Å². The molecular weight excluding hydrogens is 382 g/mol. The second-order valence-corrected chi connectivity index (χ2v) is 6.92. The topological polar surface area (TPSA) is 69.8 Å². The Morgan fingerprint density at radius 3 is 2.61 bits per heavy atom. The summed E-state index contributed by atoms with van der Waals surface area (Å²) in [5.74, 6) is 3.80. The van der Waals surface area contributed by atoms with E-state index in [2.05, 4.69) is 15.0 Å². The molecule has 0 amide bonds. The standard InChI is InChI=1S/C20H20ClN3O4/c1-12-22-20(23-28-12)11-24-9-13-7-18(25-2)19(26-3)8-17(13)27-16-6-4-5-15(21)14(16)10-24/h4-8H,9-11H2,1-3H3. The first-order valence-corrected chi connectivity index (χ1v) is 9.17. The van der Waals surface area contributed by atoms with Crippen LogP contribution in [0.2, 0.25) is 5.02 Å². The van der Waals surface area contributed by atoms with Crippen LogP contribution in [0.4, 0.5) is 0 Å². The molecular formula is C20H20ClN3O4. The number of aromatic nitrogens is 2. The molecule has 3 aromatic rings. The molecule has 2 heterocycles. The Bertz CT molecular complexity index is 1010. The van der Waals surface area contributed by atoms with Gasteiger partial charge in [0.1, 0.15) is 11.5 Å².